The van der Waals surface area contributed by atoms with Crippen LogP contribution < -0.4 is 10.9 Å². The van der Waals surface area contributed by atoms with Crippen molar-refractivity contribution in [3.8, 4) is 0 Å². The van der Waals surface area contributed by atoms with Gasteiger partial charge in [0.1, 0.15) is 5.82 Å². The molecule has 0 saturated carbocycles. The van der Waals surface area contributed by atoms with E-state index in [2.05, 4.69) is 0 Å². The molecule has 0 amide bonds. The van der Waals surface area contributed by atoms with Gasteiger partial charge in [-0.1, -0.05) is 0 Å². The van der Waals surface area contributed by atoms with Crippen LogP contribution in [0, 0.1) is 5.82 Å². The van der Waals surface area contributed by atoms with Gasteiger partial charge in [0.15, 0.2) is 0 Å². The highest BCUT2D eigenvalue weighted by Gasteiger charge is 1.93. The van der Waals surface area contributed by atoms with E-state index in [4.69, 9.17) is 5.84 Å². The number of hydrogen-bond acceptors (Lipinski definition) is 2. The summed E-state index contributed by atoms with van der Waals surface area (Å²) in [6.07, 6.45) is 0. The summed E-state index contributed by atoms with van der Waals surface area (Å²) in [6, 6.07) is 5.99. The second-order valence-electron chi connectivity index (χ2n) is 2.09. The van der Waals surface area contributed by atoms with E-state index in [1.807, 2.05) is 0 Å². The molecule has 0 heterocycles. The van der Waals surface area contributed by atoms with Gasteiger partial charge >= 0.3 is 0 Å². The molecule has 0 fully saturated rings. The minimum Gasteiger partial charge on any atom is -0.314 e. The maximum atomic E-state index is 12.3. The van der Waals surface area contributed by atoms with Crippen molar-refractivity contribution in [3.63, 3.8) is 0 Å². The monoisotopic (exact) mass is 140 g/mol. The molecule has 1 rings (SSSR count). The van der Waals surface area contributed by atoms with Gasteiger partial charge in [-0.25, -0.2) is 10.2 Å². The van der Waals surface area contributed by atoms with E-state index in [-0.39, 0.29) is 5.82 Å². The molecule has 0 spiro atoms. The third-order valence-corrected chi connectivity index (χ3v) is 1.23. The number of halogens is 1. The van der Waals surface area contributed by atoms with E-state index in [0.717, 1.165) is 5.69 Å². The molecule has 0 aromatic heterocycles. The van der Waals surface area contributed by atoms with Crippen LogP contribution >= 0.6 is 0 Å². The van der Waals surface area contributed by atoms with Crippen molar-refractivity contribution in [1.29, 1.82) is 0 Å². The standard InChI is InChI=1S/C7H9FN2/c1-10(9)7-4-2-6(8)3-5-7/h2-5H,9H2,1H3. The van der Waals surface area contributed by atoms with Crippen LogP contribution in [0.15, 0.2) is 24.3 Å². The van der Waals surface area contributed by atoms with Crippen LogP contribution in [0.2, 0.25) is 0 Å². The van der Waals surface area contributed by atoms with Crippen LogP contribution in [0.1, 0.15) is 0 Å². The van der Waals surface area contributed by atoms with Gasteiger partial charge in [-0.3, -0.25) is 0 Å². The van der Waals surface area contributed by atoms with Gasteiger partial charge in [0.2, 0.25) is 0 Å². The zero-order valence-electron chi connectivity index (χ0n) is 5.71. The van der Waals surface area contributed by atoms with Crippen molar-refractivity contribution >= 4 is 5.69 Å². The molecule has 1 aromatic carbocycles. The fraction of sp³-hybridized carbons (Fsp3) is 0.143. The molecule has 10 heavy (non-hydrogen) atoms. The van der Waals surface area contributed by atoms with Gasteiger partial charge in [-0.15, -0.1) is 0 Å². The Labute approximate surface area is 59.0 Å². The lowest BCUT2D eigenvalue weighted by atomic mass is 10.3. The summed E-state index contributed by atoms with van der Waals surface area (Å²) in [7, 11) is 1.70. The third kappa shape index (κ3) is 1.45. The maximum absolute atomic E-state index is 12.3. The highest BCUT2D eigenvalue weighted by atomic mass is 19.1. The average Bonchev–Trinajstić information content (AvgIpc) is 1.88. The van der Waals surface area contributed by atoms with Gasteiger partial charge < -0.3 is 5.01 Å². The number of hydrazine groups is 1. The number of nitrogens with zero attached hydrogens (tertiary/aromatic N) is 1. The molecule has 2 N–H and O–H groups in total. The Balaban J connectivity index is 2.89. The van der Waals surface area contributed by atoms with Crippen LogP contribution in [0.3, 0.4) is 0 Å². The molecular formula is C7H9FN2. The fourth-order valence-electron chi connectivity index (χ4n) is 0.676. The summed E-state index contributed by atoms with van der Waals surface area (Å²) in [5.41, 5.74) is 0.793. The molecule has 54 valence electrons. The van der Waals surface area contributed by atoms with E-state index in [9.17, 15) is 4.39 Å². The lowest BCUT2D eigenvalue weighted by molar-refractivity contribution is 0.627. The van der Waals surface area contributed by atoms with Crippen molar-refractivity contribution in [2.24, 2.45) is 5.84 Å². The lowest BCUT2D eigenvalue weighted by Crippen LogP contribution is -2.24. The molecule has 0 aliphatic heterocycles. The number of anilines is 1. The summed E-state index contributed by atoms with van der Waals surface area (Å²) >= 11 is 0. The van der Waals surface area contributed by atoms with Crippen molar-refractivity contribution in [2.45, 2.75) is 0 Å². The number of hydrogen-bond donors (Lipinski definition) is 1. The van der Waals surface area contributed by atoms with E-state index in [1.54, 1.807) is 19.2 Å². The Bertz CT molecular complexity index is 205. The summed E-state index contributed by atoms with van der Waals surface area (Å²) in [5.74, 6) is 5.13. The first-order chi connectivity index (χ1) is 4.70. The van der Waals surface area contributed by atoms with Gasteiger partial charge in [-0.2, -0.15) is 0 Å². The van der Waals surface area contributed by atoms with E-state index in [0.29, 0.717) is 0 Å². The molecule has 1 aromatic rings. The predicted octanol–water partition coefficient (Wildman–Crippen LogP) is 1.14. The summed E-state index contributed by atoms with van der Waals surface area (Å²) < 4.78 is 12.3. The maximum Gasteiger partial charge on any atom is 0.123 e. The first-order valence-corrected chi connectivity index (χ1v) is 2.94. The molecule has 0 bridgehead atoms. The molecule has 3 heteroatoms. The van der Waals surface area contributed by atoms with E-state index in [1.165, 1.54) is 17.1 Å². The predicted molar refractivity (Wildman–Crippen MR) is 39.0 cm³/mol. The SMILES string of the molecule is CN(N)c1ccc(F)cc1. The van der Waals surface area contributed by atoms with Gasteiger partial charge in [0.25, 0.3) is 0 Å². The van der Waals surface area contributed by atoms with Gasteiger partial charge in [0.05, 0.1) is 5.69 Å². The smallest absolute Gasteiger partial charge is 0.123 e. The first kappa shape index (κ1) is 7.02. The first-order valence-electron chi connectivity index (χ1n) is 2.94. The van der Waals surface area contributed by atoms with E-state index >= 15 is 0 Å². The van der Waals surface area contributed by atoms with Crippen LogP contribution in [0.5, 0.6) is 0 Å². The summed E-state index contributed by atoms with van der Waals surface area (Å²) in [5, 5.41) is 1.43. The third-order valence-electron chi connectivity index (χ3n) is 1.23. The molecule has 2 nitrogen and oxygen atoms in total. The second-order valence-corrected chi connectivity index (χ2v) is 2.09. The van der Waals surface area contributed by atoms with E-state index < -0.39 is 0 Å². The van der Waals surface area contributed by atoms with Crippen molar-refractivity contribution in [2.75, 3.05) is 12.1 Å². The largest absolute Gasteiger partial charge is 0.314 e. The molecule has 0 radical (unpaired) electrons. The highest BCUT2D eigenvalue weighted by Crippen LogP contribution is 2.09. The molecular weight excluding hydrogens is 131 g/mol. The van der Waals surface area contributed by atoms with Crippen LogP contribution in [0.25, 0.3) is 0 Å². The fourth-order valence-corrected chi connectivity index (χ4v) is 0.676. The number of nitrogens with two attached hydrogens (primary N) is 1. The Morgan fingerprint density at radius 3 is 2.20 bits per heavy atom. The topological polar surface area (TPSA) is 29.3 Å². The summed E-state index contributed by atoms with van der Waals surface area (Å²) in [4.78, 5) is 0. The normalized spacial score (nSPS) is 9.50. The minimum atomic E-state index is -0.245. The summed E-state index contributed by atoms with van der Waals surface area (Å²) in [6.45, 7) is 0. The van der Waals surface area contributed by atoms with Crippen molar-refractivity contribution < 1.29 is 4.39 Å². The molecule has 0 saturated heterocycles. The highest BCUT2D eigenvalue weighted by molar-refractivity contribution is 5.43. The van der Waals surface area contributed by atoms with Gasteiger partial charge in [0, 0.05) is 7.05 Å². The Morgan fingerprint density at radius 1 is 1.30 bits per heavy atom. The van der Waals surface area contributed by atoms with Crippen LogP contribution in [-0.4, -0.2) is 7.05 Å². The minimum absolute atomic E-state index is 0.245. The molecule has 0 unspecified atom stereocenters. The molecule has 0 aliphatic carbocycles. The Hall–Kier alpha value is -1.09. The molecule has 0 aliphatic rings. The zero-order chi connectivity index (χ0) is 7.56. The Kier molecular flexibility index (Phi) is 1.87. The second kappa shape index (κ2) is 2.66. The zero-order valence-corrected chi connectivity index (χ0v) is 5.71. The van der Waals surface area contributed by atoms with Crippen molar-refractivity contribution in [1.82, 2.24) is 0 Å². The average molecular weight is 140 g/mol. The quantitative estimate of drug-likeness (QED) is 0.468. The lowest BCUT2D eigenvalue weighted by Gasteiger charge is -2.10. The molecule has 0 atom stereocenters. The van der Waals surface area contributed by atoms with Gasteiger partial charge in [-0.05, 0) is 24.3 Å². The number of rotatable bonds is 1. The Morgan fingerprint density at radius 2 is 1.80 bits per heavy atom. The van der Waals surface area contributed by atoms with Crippen LogP contribution in [0.4, 0.5) is 10.1 Å². The van der Waals surface area contributed by atoms with Crippen LogP contribution in [-0.2, 0) is 0 Å². The number of benzene rings is 1. The van der Waals surface area contributed by atoms with Crippen molar-refractivity contribution in [3.05, 3.63) is 30.1 Å².